The van der Waals surface area contributed by atoms with E-state index < -0.39 is 23.4 Å². The zero-order valence-corrected chi connectivity index (χ0v) is 15.8. The summed E-state index contributed by atoms with van der Waals surface area (Å²) in [6, 6.07) is 7.31. The first-order chi connectivity index (χ1) is 11.4. The lowest BCUT2D eigenvalue weighted by molar-refractivity contribution is 0.00377. The number of imide groups is 1. The maximum absolute atomic E-state index is 12.3. The number of ether oxygens (including phenoxy) is 2. The smallest absolute Gasteiger partial charge is 0.420 e. The lowest BCUT2D eigenvalue weighted by Crippen LogP contribution is -2.43. The molecule has 1 aromatic rings. The molecule has 0 aromatic heterocycles. The van der Waals surface area contributed by atoms with Crippen LogP contribution in [-0.4, -0.2) is 34.8 Å². The molecule has 0 aliphatic heterocycles. The number of nitrogen functional groups attached to an aromatic ring is 1. The third-order valence-corrected chi connectivity index (χ3v) is 2.81. The van der Waals surface area contributed by atoms with E-state index in [1.807, 2.05) is 18.2 Å². The summed E-state index contributed by atoms with van der Waals surface area (Å²) in [6.07, 6.45) is 1.90. The van der Waals surface area contributed by atoms with Crippen LogP contribution in [0.4, 0.5) is 15.3 Å². The number of benzene rings is 1. The molecule has 0 fully saturated rings. The van der Waals surface area contributed by atoms with E-state index in [1.54, 1.807) is 59.8 Å². The summed E-state index contributed by atoms with van der Waals surface area (Å²) in [5.41, 5.74) is 5.85. The number of carbonyl (C=O) groups excluding carboxylic acids is 2. The molecule has 0 bridgehead atoms. The molecular weight excluding hydrogens is 320 g/mol. The number of nitrogens with two attached hydrogens (primary N) is 1. The number of para-hydroxylation sites is 1. The highest BCUT2D eigenvalue weighted by molar-refractivity contribution is 5.88. The van der Waals surface area contributed by atoms with E-state index in [0.717, 1.165) is 10.5 Å². The lowest BCUT2D eigenvalue weighted by atomic mass is 10.1. The molecule has 0 spiro atoms. The molecule has 0 aliphatic carbocycles. The molecular formula is C19H28N2O4. The molecule has 0 saturated heterocycles. The Bertz CT molecular complexity index is 612. The van der Waals surface area contributed by atoms with Crippen molar-refractivity contribution in [3.05, 3.63) is 35.9 Å². The molecule has 6 heteroatoms. The van der Waals surface area contributed by atoms with Crippen LogP contribution in [0.3, 0.4) is 0 Å². The van der Waals surface area contributed by atoms with Gasteiger partial charge in [-0.25, -0.2) is 14.5 Å². The Morgan fingerprint density at radius 3 is 1.92 bits per heavy atom. The zero-order valence-electron chi connectivity index (χ0n) is 15.8. The first kappa shape index (κ1) is 20.5. The summed E-state index contributed by atoms with van der Waals surface area (Å²) >= 11 is 0. The number of carbonyl (C=O) groups is 2. The minimum Gasteiger partial charge on any atom is -0.443 e. The molecule has 0 aliphatic rings. The van der Waals surface area contributed by atoms with E-state index in [2.05, 4.69) is 0 Å². The van der Waals surface area contributed by atoms with Gasteiger partial charge in [-0.05, 0) is 53.2 Å². The Morgan fingerprint density at radius 1 is 1.00 bits per heavy atom. The molecule has 6 nitrogen and oxygen atoms in total. The molecule has 2 N–H and O–H groups in total. The first-order valence-corrected chi connectivity index (χ1v) is 8.13. The van der Waals surface area contributed by atoms with Gasteiger partial charge in [0.15, 0.2) is 0 Å². The van der Waals surface area contributed by atoms with Gasteiger partial charge in [-0.15, -0.1) is 0 Å². The van der Waals surface area contributed by atoms with Crippen molar-refractivity contribution in [1.29, 1.82) is 0 Å². The van der Waals surface area contributed by atoms with Crippen LogP contribution in [0, 0.1) is 0 Å². The van der Waals surface area contributed by atoms with Crippen LogP contribution in [-0.2, 0) is 9.47 Å². The number of hydrogen-bond acceptors (Lipinski definition) is 5. The van der Waals surface area contributed by atoms with Crippen LogP contribution in [0.25, 0.3) is 6.08 Å². The summed E-state index contributed by atoms with van der Waals surface area (Å²) in [5, 5.41) is 0. The standard InChI is InChI=1S/C19H28N2O4/c1-18(2,3)24-16(22)21(17(23)25-19(4,5)6)13-9-11-14-10-7-8-12-15(14)20/h7-12H,13,20H2,1-6H3/b11-9+. The number of amides is 2. The molecule has 138 valence electrons. The maximum Gasteiger partial charge on any atom is 0.420 e. The van der Waals surface area contributed by atoms with Gasteiger partial charge in [0.25, 0.3) is 0 Å². The Morgan fingerprint density at radius 2 is 1.48 bits per heavy atom. The van der Waals surface area contributed by atoms with E-state index in [-0.39, 0.29) is 6.54 Å². The van der Waals surface area contributed by atoms with Gasteiger partial charge in [0.1, 0.15) is 11.2 Å². The van der Waals surface area contributed by atoms with Gasteiger partial charge >= 0.3 is 12.2 Å². The van der Waals surface area contributed by atoms with Crippen LogP contribution in [0.1, 0.15) is 47.1 Å². The molecule has 0 radical (unpaired) electrons. The van der Waals surface area contributed by atoms with Crippen LogP contribution in [0.2, 0.25) is 0 Å². The average molecular weight is 348 g/mol. The van der Waals surface area contributed by atoms with Gasteiger partial charge in [-0.3, -0.25) is 0 Å². The molecule has 1 rings (SSSR count). The predicted molar refractivity (Wildman–Crippen MR) is 99.1 cm³/mol. The fraction of sp³-hybridized carbons (Fsp3) is 0.474. The van der Waals surface area contributed by atoms with E-state index in [0.29, 0.717) is 5.69 Å². The minimum absolute atomic E-state index is 0.0121. The number of anilines is 1. The van der Waals surface area contributed by atoms with Gasteiger partial charge in [-0.1, -0.05) is 30.4 Å². The van der Waals surface area contributed by atoms with Gasteiger partial charge in [0.2, 0.25) is 0 Å². The van der Waals surface area contributed by atoms with Gasteiger partial charge < -0.3 is 15.2 Å². The zero-order chi connectivity index (χ0) is 19.3. The summed E-state index contributed by atoms with van der Waals surface area (Å²) < 4.78 is 10.6. The van der Waals surface area contributed by atoms with Crippen LogP contribution >= 0.6 is 0 Å². The predicted octanol–water partition coefficient (Wildman–Crippen LogP) is 4.45. The highest BCUT2D eigenvalue weighted by Gasteiger charge is 2.30. The largest absolute Gasteiger partial charge is 0.443 e. The second-order valence-corrected chi connectivity index (χ2v) is 7.60. The van der Waals surface area contributed by atoms with E-state index >= 15 is 0 Å². The van der Waals surface area contributed by atoms with Crippen molar-refractivity contribution >= 4 is 23.9 Å². The molecule has 0 unspecified atom stereocenters. The third-order valence-electron chi connectivity index (χ3n) is 2.81. The van der Waals surface area contributed by atoms with Crippen LogP contribution in [0.5, 0.6) is 0 Å². The van der Waals surface area contributed by atoms with Gasteiger partial charge in [0.05, 0.1) is 6.54 Å². The molecule has 2 amide bonds. The van der Waals surface area contributed by atoms with Crippen LogP contribution in [0.15, 0.2) is 30.3 Å². The van der Waals surface area contributed by atoms with Crippen molar-refractivity contribution in [3.8, 4) is 0 Å². The number of hydrogen-bond donors (Lipinski definition) is 1. The second-order valence-electron chi connectivity index (χ2n) is 7.60. The normalized spacial score (nSPS) is 12.1. The fourth-order valence-electron chi connectivity index (χ4n) is 1.81. The van der Waals surface area contributed by atoms with Crippen molar-refractivity contribution in [1.82, 2.24) is 4.90 Å². The fourth-order valence-corrected chi connectivity index (χ4v) is 1.81. The minimum atomic E-state index is -0.757. The average Bonchev–Trinajstić information content (AvgIpc) is 2.41. The Kier molecular flexibility index (Phi) is 6.62. The highest BCUT2D eigenvalue weighted by Crippen LogP contribution is 2.16. The Hall–Kier alpha value is -2.50. The monoisotopic (exact) mass is 348 g/mol. The van der Waals surface area contributed by atoms with Crippen molar-refractivity contribution in [2.24, 2.45) is 0 Å². The SMILES string of the molecule is CC(C)(C)OC(=O)N(C/C=C/c1ccccc1N)C(=O)OC(C)(C)C. The summed E-state index contributed by atoms with van der Waals surface area (Å²) in [7, 11) is 0. The van der Waals surface area contributed by atoms with Crippen molar-refractivity contribution < 1.29 is 19.1 Å². The summed E-state index contributed by atoms with van der Waals surface area (Å²) in [4.78, 5) is 25.6. The highest BCUT2D eigenvalue weighted by atomic mass is 16.6. The van der Waals surface area contributed by atoms with Gasteiger partial charge in [-0.2, -0.15) is 0 Å². The van der Waals surface area contributed by atoms with E-state index in [4.69, 9.17) is 15.2 Å². The van der Waals surface area contributed by atoms with Crippen molar-refractivity contribution in [2.75, 3.05) is 12.3 Å². The second kappa shape index (κ2) is 8.05. The van der Waals surface area contributed by atoms with E-state index in [9.17, 15) is 9.59 Å². The molecule has 25 heavy (non-hydrogen) atoms. The maximum atomic E-state index is 12.3. The lowest BCUT2D eigenvalue weighted by Gasteiger charge is -2.28. The quantitative estimate of drug-likeness (QED) is 0.816. The third kappa shape index (κ3) is 7.74. The van der Waals surface area contributed by atoms with Crippen LogP contribution < -0.4 is 5.73 Å². The van der Waals surface area contributed by atoms with E-state index in [1.165, 1.54) is 0 Å². The summed E-state index contributed by atoms with van der Waals surface area (Å²) in [6.45, 7) is 10.4. The molecule has 0 heterocycles. The number of nitrogens with zero attached hydrogens (tertiary/aromatic N) is 1. The molecule has 0 atom stereocenters. The molecule has 1 aromatic carbocycles. The topological polar surface area (TPSA) is 81.9 Å². The first-order valence-electron chi connectivity index (χ1n) is 8.13. The van der Waals surface area contributed by atoms with Crippen molar-refractivity contribution in [2.45, 2.75) is 52.7 Å². The number of rotatable bonds is 3. The van der Waals surface area contributed by atoms with Gasteiger partial charge in [0, 0.05) is 5.69 Å². The Labute approximate surface area is 149 Å². The molecule has 0 saturated carbocycles. The Balaban J connectivity index is 2.92. The van der Waals surface area contributed by atoms with Crippen molar-refractivity contribution in [3.63, 3.8) is 0 Å². The summed E-state index contributed by atoms with van der Waals surface area (Å²) in [5.74, 6) is 0.